The maximum atomic E-state index is 10.1. The Bertz CT molecular complexity index is 408. The summed E-state index contributed by atoms with van der Waals surface area (Å²) in [6.07, 6.45) is 0.783. The minimum Gasteiger partial charge on any atom is -0.487 e. The van der Waals surface area contributed by atoms with Crippen molar-refractivity contribution in [1.29, 1.82) is 0 Å². The first-order valence-electron chi connectivity index (χ1n) is 5.69. The Hall–Kier alpha value is -0.770. The summed E-state index contributed by atoms with van der Waals surface area (Å²) in [5.74, 6) is 0.715. The van der Waals surface area contributed by atoms with Gasteiger partial charge < -0.3 is 14.6 Å². The average molecular weight is 257 g/mol. The van der Waals surface area contributed by atoms with Crippen LogP contribution in [0.25, 0.3) is 0 Å². The first-order chi connectivity index (χ1) is 8.04. The number of hydrogen-bond acceptors (Lipinski definition) is 3. The highest BCUT2D eigenvalue weighted by Gasteiger charge is 2.36. The van der Waals surface area contributed by atoms with Gasteiger partial charge in [-0.1, -0.05) is 11.6 Å². The van der Waals surface area contributed by atoms with E-state index in [1.165, 1.54) is 0 Å². The summed E-state index contributed by atoms with van der Waals surface area (Å²) in [5.41, 5.74) is 0.392. The van der Waals surface area contributed by atoms with Gasteiger partial charge in [0.1, 0.15) is 11.4 Å². The summed E-state index contributed by atoms with van der Waals surface area (Å²) in [5, 5.41) is 10.8. The van der Waals surface area contributed by atoms with Crippen LogP contribution in [0.5, 0.6) is 5.75 Å². The van der Waals surface area contributed by atoms with E-state index in [0.29, 0.717) is 23.8 Å². The number of rotatable bonds is 3. The lowest BCUT2D eigenvalue weighted by molar-refractivity contribution is -0.0202. The molecule has 2 rings (SSSR count). The predicted molar refractivity (Wildman–Crippen MR) is 66.6 cm³/mol. The molecule has 1 aromatic rings. The third-order valence-corrected chi connectivity index (χ3v) is 3.38. The van der Waals surface area contributed by atoms with Gasteiger partial charge in [0.05, 0.1) is 6.10 Å². The Morgan fingerprint density at radius 1 is 1.59 bits per heavy atom. The van der Waals surface area contributed by atoms with Crippen LogP contribution in [0.4, 0.5) is 0 Å². The molecule has 1 aromatic carbocycles. The van der Waals surface area contributed by atoms with Crippen LogP contribution < -0.4 is 4.74 Å². The largest absolute Gasteiger partial charge is 0.487 e. The third kappa shape index (κ3) is 2.73. The fourth-order valence-electron chi connectivity index (χ4n) is 2.17. The van der Waals surface area contributed by atoms with Crippen molar-refractivity contribution in [2.45, 2.75) is 31.5 Å². The molecule has 3 nitrogen and oxygen atoms in total. The Labute approximate surface area is 106 Å². The minimum atomic E-state index is -0.528. The van der Waals surface area contributed by atoms with Gasteiger partial charge in [0.15, 0.2) is 0 Å². The van der Waals surface area contributed by atoms with Crippen LogP contribution in [-0.2, 0) is 4.74 Å². The van der Waals surface area contributed by atoms with E-state index in [4.69, 9.17) is 21.1 Å². The van der Waals surface area contributed by atoms with E-state index in [1.807, 2.05) is 13.0 Å². The van der Waals surface area contributed by atoms with Crippen molar-refractivity contribution in [3.8, 4) is 5.75 Å². The average Bonchev–Trinajstić information content (AvgIpc) is 2.28. The summed E-state index contributed by atoms with van der Waals surface area (Å²) in [6, 6.07) is 5.34. The van der Waals surface area contributed by atoms with Crippen molar-refractivity contribution in [2.75, 3.05) is 13.7 Å². The zero-order valence-corrected chi connectivity index (χ0v) is 10.8. The summed E-state index contributed by atoms with van der Waals surface area (Å²) in [4.78, 5) is 0. The van der Waals surface area contributed by atoms with Gasteiger partial charge in [0.2, 0.25) is 0 Å². The highest BCUT2D eigenvalue weighted by atomic mass is 35.5. The molecule has 0 aliphatic carbocycles. The molecule has 1 unspecified atom stereocenters. The number of hydrogen-bond donors (Lipinski definition) is 1. The number of methoxy groups -OCH3 is 1. The van der Waals surface area contributed by atoms with Gasteiger partial charge in [-0.2, -0.15) is 0 Å². The smallest absolute Gasteiger partial charge is 0.126 e. The number of benzene rings is 1. The molecule has 0 aromatic heterocycles. The molecule has 0 radical (unpaired) electrons. The van der Waals surface area contributed by atoms with Crippen molar-refractivity contribution >= 4 is 11.6 Å². The first-order valence-corrected chi connectivity index (χ1v) is 6.07. The molecule has 1 heterocycles. The van der Waals surface area contributed by atoms with Crippen molar-refractivity contribution in [3.63, 3.8) is 0 Å². The van der Waals surface area contributed by atoms with Crippen LogP contribution in [0.2, 0.25) is 5.02 Å². The highest BCUT2D eigenvalue weighted by Crippen LogP contribution is 2.41. The van der Waals surface area contributed by atoms with E-state index in [2.05, 4.69) is 0 Å². The third-order valence-electron chi connectivity index (χ3n) is 3.15. The normalized spacial score (nSPS) is 27.4. The van der Waals surface area contributed by atoms with Gasteiger partial charge in [-0.05, 0) is 25.1 Å². The fourth-order valence-corrected chi connectivity index (χ4v) is 2.35. The van der Waals surface area contributed by atoms with Gasteiger partial charge in [-0.25, -0.2) is 0 Å². The quantitative estimate of drug-likeness (QED) is 0.904. The van der Waals surface area contributed by atoms with E-state index < -0.39 is 6.10 Å². The number of aliphatic hydroxyl groups excluding tert-OH is 1. The molecule has 1 aliphatic rings. The molecule has 1 N–H and O–H groups in total. The molecule has 0 saturated carbocycles. The molecule has 94 valence electrons. The van der Waals surface area contributed by atoms with Crippen molar-refractivity contribution in [2.24, 2.45) is 0 Å². The predicted octanol–water partition coefficient (Wildman–Crippen LogP) is 2.95. The molecule has 0 spiro atoms. The van der Waals surface area contributed by atoms with Crippen LogP contribution in [0.1, 0.15) is 31.4 Å². The summed E-state index contributed by atoms with van der Waals surface area (Å²) in [6.45, 7) is 2.61. The van der Waals surface area contributed by atoms with Gasteiger partial charge in [0.25, 0.3) is 0 Å². The molecule has 2 atom stereocenters. The van der Waals surface area contributed by atoms with Gasteiger partial charge in [0, 0.05) is 37.1 Å². The topological polar surface area (TPSA) is 38.7 Å². The SMILES string of the molecule is COCCC1(C)C[C@H](O)c2cc(Cl)ccc2O1. The van der Waals surface area contributed by atoms with E-state index in [9.17, 15) is 5.11 Å². The molecular formula is C13H17ClO3. The van der Waals surface area contributed by atoms with E-state index in [-0.39, 0.29) is 5.60 Å². The molecule has 0 fully saturated rings. The minimum absolute atomic E-state index is 0.379. The Morgan fingerprint density at radius 3 is 3.06 bits per heavy atom. The molecule has 1 aliphatic heterocycles. The second kappa shape index (κ2) is 4.84. The lowest BCUT2D eigenvalue weighted by Crippen LogP contribution is -2.39. The maximum Gasteiger partial charge on any atom is 0.126 e. The summed E-state index contributed by atoms with van der Waals surface area (Å²) < 4.78 is 11.0. The Morgan fingerprint density at radius 2 is 2.35 bits per heavy atom. The van der Waals surface area contributed by atoms with Crippen LogP contribution in [0.15, 0.2) is 18.2 Å². The van der Waals surface area contributed by atoms with Crippen LogP contribution in [0, 0.1) is 0 Å². The lowest BCUT2D eigenvalue weighted by atomic mass is 9.88. The van der Waals surface area contributed by atoms with E-state index in [1.54, 1.807) is 19.2 Å². The highest BCUT2D eigenvalue weighted by molar-refractivity contribution is 6.30. The van der Waals surface area contributed by atoms with Crippen molar-refractivity contribution < 1.29 is 14.6 Å². The monoisotopic (exact) mass is 256 g/mol. The molecular weight excluding hydrogens is 240 g/mol. The van der Waals surface area contributed by atoms with Gasteiger partial charge >= 0.3 is 0 Å². The molecule has 4 heteroatoms. The number of ether oxygens (including phenoxy) is 2. The number of aliphatic hydroxyl groups is 1. The first kappa shape index (κ1) is 12.7. The molecule has 0 amide bonds. The van der Waals surface area contributed by atoms with E-state index >= 15 is 0 Å². The Kier molecular flexibility index (Phi) is 3.61. The number of halogens is 1. The standard InChI is InChI=1S/C13H17ClO3/c1-13(5-6-16-2)8-11(15)10-7-9(14)3-4-12(10)17-13/h3-4,7,11,15H,5-6,8H2,1-2H3/t11-,13?/m0/s1. The fraction of sp³-hybridized carbons (Fsp3) is 0.538. The number of fused-ring (bicyclic) bond motifs is 1. The van der Waals surface area contributed by atoms with Gasteiger partial charge in [-0.3, -0.25) is 0 Å². The zero-order chi connectivity index (χ0) is 12.5. The second-order valence-electron chi connectivity index (χ2n) is 4.70. The van der Waals surface area contributed by atoms with Crippen LogP contribution >= 0.6 is 11.6 Å². The summed E-state index contributed by atoms with van der Waals surface area (Å²) in [7, 11) is 1.66. The molecule has 0 bridgehead atoms. The van der Waals surface area contributed by atoms with Crippen LogP contribution in [0.3, 0.4) is 0 Å². The maximum absolute atomic E-state index is 10.1. The van der Waals surface area contributed by atoms with Gasteiger partial charge in [-0.15, -0.1) is 0 Å². The van der Waals surface area contributed by atoms with Crippen LogP contribution in [-0.4, -0.2) is 24.4 Å². The molecule has 17 heavy (non-hydrogen) atoms. The summed E-state index contributed by atoms with van der Waals surface area (Å²) >= 11 is 5.91. The second-order valence-corrected chi connectivity index (χ2v) is 5.13. The molecule has 0 saturated heterocycles. The van der Waals surface area contributed by atoms with E-state index in [0.717, 1.165) is 12.0 Å². The van der Waals surface area contributed by atoms with Crippen molar-refractivity contribution in [1.82, 2.24) is 0 Å². The Balaban J connectivity index is 2.23. The zero-order valence-electron chi connectivity index (χ0n) is 10.1. The lowest BCUT2D eigenvalue weighted by Gasteiger charge is -2.38. The van der Waals surface area contributed by atoms with Crippen molar-refractivity contribution in [3.05, 3.63) is 28.8 Å².